The van der Waals surface area contributed by atoms with E-state index in [1.54, 1.807) is 14.2 Å². The third kappa shape index (κ3) is 3.14. The molecule has 2 aromatic rings. The van der Waals surface area contributed by atoms with Crippen molar-refractivity contribution >= 4 is 23.0 Å². The van der Waals surface area contributed by atoms with E-state index >= 15 is 0 Å². The minimum absolute atomic E-state index is 0.146. The van der Waals surface area contributed by atoms with Crippen LogP contribution < -0.4 is 4.90 Å². The number of oxazole rings is 1. The van der Waals surface area contributed by atoms with Crippen LogP contribution in [0.4, 0.5) is 6.01 Å². The van der Waals surface area contributed by atoms with E-state index < -0.39 is 0 Å². The number of amides is 1. The summed E-state index contributed by atoms with van der Waals surface area (Å²) >= 11 is 0. The summed E-state index contributed by atoms with van der Waals surface area (Å²) in [4.78, 5) is 22.0. The van der Waals surface area contributed by atoms with Crippen LogP contribution in [0.3, 0.4) is 0 Å². The lowest BCUT2D eigenvalue weighted by Crippen LogP contribution is -2.38. The molecule has 1 amide bonds. The molecule has 1 aromatic heterocycles. The maximum absolute atomic E-state index is 13.2. The maximum atomic E-state index is 13.2. The Morgan fingerprint density at radius 1 is 1.10 bits per heavy atom. The van der Waals surface area contributed by atoms with Gasteiger partial charge in [0.1, 0.15) is 17.0 Å². The van der Waals surface area contributed by atoms with Crippen LogP contribution in [0, 0.1) is 17.8 Å². The van der Waals surface area contributed by atoms with Crippen LogP contribution in [0.15, 0.2) is 52.4 Å². The van der Waals surface area contributed by atoms with Crippen molar-refractivity contribution in [2.45, 2.75) is 6.42 Å². The summed E-state index contributed by atoms with van der Waals surface area (Å²) in [6.45, 7) is 3.28. The average Bonchev–Trinajstić information content (AvgIpc) is 3.45. The van der Waals surface area contributed by atoms with Gasteiger partial charge < -0.3 is 23.7 Å². The molecule has 152 valence electrons. The third-order valence-corrected chi connectivity index (χ3v) is 6.30. The molecule has 0 radical (unpaired) electrons. The van der Waals surface area contributed by atoms with Gasteiger partial charge in [-0.2, -0.15) is 4.98 Å². The van der Waals surface area contributed by atoms with Gasteiger partial charge >= 0.3 is 0 Å². The van der Waals surface area contributed by atoms with Crippen LogP contribution in [-0.2, 0) is 14.3 Å². The number of ether oxygens (including phenoxy) is 2. The number of carbonyl (C=O) groups is 1. The minimum Gasteiger partial charge on any atom is -0.500 e. The van der Waals surface area contributed by atoms with Crippen molar-refractivity contribution in [3.8, 4) is 0 Å². The van der Waals surface area contributed by atoms with Crippen LogP contribution in [0.2, 0.25) is 0 Å². The van der Waals surface area contributed by atoms with Crippen molar-refractivity contribution in [3.63, 3.8) is 0 Å². The van der Waals surface area contributed by atoms with E-state index in [-0.39, 0.29) is 11.8 Å². The van der Waals surface area contributed by atoms with Crippen molar-refractivity contribution in [3.05, 3.63) is 47.9 Å². The summed E-state index contributed by atoms with van der Waals surface area (Å²) in [5.74, 6) is 2.20. The van der Waals surface area contributed by atoms with Crippen molar-refractivity contribution < 1.29 is 18.7 Å². The zero-order valence-corrected chi connectivity index (χ0v) is 16.7. The Balaban J connectivity index is 1.25. The number of rotatable bonds is 4. The molecule has 3 aliphatic rings. The van der Waals surface area contributed by atoms with Gasteiger partial charge in [0.25, 0.3) is 6.01 Å². The first-order valence-electron chi connectivity index (χ1n) is 10.1. The Kier molecular flexibility index (Phi) is 4.45. The highest BCUT2D eigenvalue weighted by Crippen LogP contribution is 2.36. The molecule has 2 aliphatic heterocycles. The van der Waals surface area contributed by atoms with Crippen molar-refractivity contribution in [2.75, 3.05) is 45.3 Å². The largest absolute Gasteiger partial charge is 0.500 e. The Morgan fingerprint density at radius 2 is 1.86 bits per heavy atom. The smallest absolute Gasteiger partial charge is 0.298 e. The van der Waals surface area contributed by atoms with Gasteiger partial charge in [-0.1, -0.05) is 12.1 Å². The summed E-state index contributed by atoms with van der Waals surface area (Å²) in [6, 6.07) is 8.52. The Hall–Kier alpha value is -2.96. The summed E-state index contributed by atoms with van der Waals surface area (Å²) in [7, 11) is 3.24. The predicted molar refractivity (Wildman–Crippen MR) is 108 cm³/mol. The number of benzene rings is 1. The summed E-state index contributed by atoms with van der Waals surface area (Å²) in [6.07, 6.45) is 4.39. The lowest BCUT2D eigenvalue weighted by molar-refractivity contribution is -0.134. The first-order chi connectivity index (χ1) is 14.2. The zero-order valence-electron chi connectivity index (χ0n) is 16.7. The molecule has 7 heteroatoms. The highest BCUT2D eigenvalue weighted by Gasteiger charge is 2.44. The van der Waals surface area contributed by atoms with Crippen molar-refractivity contribution in [2.24, 2.45) is 17.8 Å². The molecule has 1 aliphatic carbocycles. The van der Waals surface area contributed by atoms with Crippen LogP contribution in [0.5, 0.6) is 0 Å². The Bertz CT molecular complexity index is 948. The monoisotopic (exact) mass is 395 g/mol. The molecule has 3 heterocycles. The molecule has 3 atom stereocenters. The van der Waals surface area contributed by atoms with Gasteiger partial charge in [-0.25, -0.2) is 0 Å². The third-order valence-electron chi connectivity index (χ3n) is 6.30. The average molecular weight is 395 g/mol. The number of allylic oxidation sites excluding steroid dienone is 2. The molecule has 5 rings (SSSR count). The van der Waals surface area contributed by atoms with Crippen LogP contribution in [0.1, 0.15) is 6.42 Å². The Labute approximate surface area is 169 Å². The number of para-hydroxylation sites is 2. The lowest BCUT2D eigenvalue weighted by Gasteiger charge is -2.27. The first kappa shape index (κ1) is 18.1. The number of nitrogens with zero attached hydrogens (tertiary/aromatic N) is 3. The standard InChI is InChI=1S/C22H25N3O4/c1-27-16-7-8-17(20(9-16)28-2)21(26)24-10-14-12-25(13-15(14)11-24)22-23-18-5-3-4-6-19(18)29-22/h3-7,9,14-15,17H,8,10-13H2,1-2H3. The second-order valence-electron chi connectivity index (χ2n) is 7.98. The number of hydrogen-bond acceptors (Lipinski definition) is 6. The predicted octanol–water partition coefficient (Wildman–Crippen LogP) is 2.80. The van der Waals surface area contributed by atoms with Crippen molar-refractivity contribution in [1.29, 1.82) is 0 Å². The molecular formula is C22H25N3O4. The molecule has 0 bridgehead atoms. The highest BCUT2D eigenvalue weighted by molar-refractivity contribution is 5.82. The topological polar surface area (TPSA) is 68.0 Å². The highest BCUT2D eigenvalue weighted by atomic mass is 16.5. The SMILES string of the molecule is COC1=CCC(C(=O)N2CC3CN(c4nc5ccccc5o4)CC3C2)C(OC)=C1. The molecule has 7 nitrogen and oxygen atoms in total. The van der Waals surface area contributed by atoms with E-state index in [1.165, 1.54) is 0 Å². The van der Waals surface area contributed by atoms with E-state index in [2.05, 4.69) is 9.88 Å². The Morgan fingerprint density at radius 3 is 2.55 bits per heavy atom. The van der Waals surface area contributed by atoms with Gasteiger partial charge in [-0.3, -0.25) is 4.79 Å². The zero-order chi connectivity index (χ0) is 20.0. The number of fused-ring (bicyclic) bond motifs is 2. The fourth-order valence-electron chi connectivity index (χ4n) is 4.76. The lowest BCUT2D eigenvalue weighted by atomic mass is 9.96. The minimum atomic E-state index is -0.258. The van der Waals surface area contributed by atoms with Crippen LogP contribution in [0.25, 0.3) is 11.1 Å². The van der Waals surface area contributed by atoms with Gasteiger partial charge in [0.05, 0.1) is 20.1 Å². The second-order valence-corrected chi connectivity index (χ2v) is 7.98. The normalized spacial score (nSPS) is 26.3. The molecule has 2 fully saturated rings. The molecule has 0 saturated carbocycles. The van der Waals surface area contributed by atoms with Crippen LogP contribution >= 0.6 is 0 Å². The number of aromatic nitrogens is 1. The van der Waals surface area contributed by atoms with Gasteiger partial charge in [0, 0.05) is 44.1 Å². The summed E-state index contributed by atoms with van der Waals surface area (Å²) in [5, 5.41) is 0. The quantitative estimate of drug-likeness (QED) is 0.793. The first-order valence-corrected chi connectivity index (χ1v) is 10.1. The van der Waals surface area contributed by atoms with Gasteiger partial charge in [-0.05, 0) is 24.6 Å². The van der Waals surface area contributed by atoms with E-state index in [9.17, 15) is 4.79 Å². The fourth-order valence-corrected chi connectivity index (χ4v) is 4.76. The summed E-state index contributed by atoms with van der Waals surface area (Å²) < 4.78 is 16.7. The molecule has 2 saturated heterocycles. The van der Waals surface area contributed by atoms with Gasteiger partial charge in [0.2, 0.25) is 5.91 Å². The van der Waals surface area contributed by atoms with E-state index in [0.29, 0.717) is 30.0 Å². The number of anilines is 1. The number of methoxy groups -OCH3 is 2. The molecule has 0 spiro atoms. The summed E-state index contributed by atoms with van der Waals surface area (Å²) in [5.41, 5.74) is 1.70. The van der Waals surface area contributed by atoms with Crippen LogP contribution in [-0.4, -0.2) is 56.2 Å². The molecule has 1 aromatic carbocycles. The molecule has 29 heavy (non-hydrogen) atoms. The van der Waals surface area contributed by atoms with E-state index in [0.717, 1.165) is 43.0 Å². The van der Waals surface area contributed by atoms with Crippen molar-refractivity contribution in [1.82, 2.24) is 9.88 Å². The number of likely N-dealkylation sites (tertiary alicyclic amines) is 1. The maximum Gasteiger partial charge on any atom is 0.298 e. The van der Waals surface area contributed by atoms with E-state index in [1.807, 2.05) is 41.3 Å². The van der Waals surface area contributed by atoms with E-state index in [4.69, 9.17) is 13.9 Å². The molecular weight excluding hydrogens is 370 g/mol. The fraction of sp³-hybridized carbons (Fsp3) is 0.455. The van der Waals surface area contributed by atoms with Gasteiger partial charge in [-0.15, -0.1) is 0 Å². The number of hydrogen-bond donors (Lipinski definition) is 0. The number of carbonyl (C=O) groups excluding carboxylic acids is 1. The molecule has 0 N–H and O–H groups in total. The molecule has 3 unspecified atom stereocenters. The van der Waals surface area contributed by atoms with Gasteiger partial charge in [0.15, 0.2) is 5.58 Å². The second kappa shape index (κ2) is 7.13.